The number of amides is 2. The lowest BCUT2D eigenvalue weighted by Gasteiger charge is -2.26. The fraction of sp³-hybridized carbons (Fsp3) is 0.421. The molecule has 1 fully saturated rings. The van der Waals surface area contributed by atoms with Gasteiger partial charge in [-0.05, 0) is 49.9 Å². The molecule has 0 spiro atoms. The quantitative estimate of drug-likeness (QED) is 0.609. The average molecular weight is 357 g/mol. The lowest BCUT2D eigenvalue weighted by molar-refractivity contribution is -0.308. The van der Waals surface area contributed by atoms with Gasteiger partial charge in [-0.15, -0.1) is 0 Å². The van der Waals surface area contributed by atoms with E-state index in [1.54, 1.807) is 12.1 Å². The molecule has 1 saturated carbocycles. The molecule has 7 heteroatoms. The van der Waals surface area contributed by atoms with Crippen molar-refractivity contribution < 1.29 is 24.6 Å². The van der Waals surface area contributed by atoms with E-state index in [2.05, 4.69) is 17.2 Å². The van der Waals surface area contributed by atoms with Crippen LogP contribution in [0.5, 0.6) is 0 Å². The number of nitrogens with two attached hydrogens (primary N) is 1. The second kappa shape index (κ2) is 8.50. The number of hydrogen-bond donors (Lipinski definition) is 3. The molecule has 138 valence electrons. The molecule has 2 rings (SSSR count). The van der Waals surface area contributed by atoms with Crippen molar-refractivity contribution in [3.8, 4) is 11.8 Å². The van der Waals surface area contributed by atoms with Gasteiger partial charge < -0.3 is 26.1 Å². The highest BCUT2D eigenvalue weighted by molar-refractivity contribution is 5.97. The first-order valence-electron chi connectivity index (χ1n) is 8.45. The van der Waals surface area contributed by atoms with Crippen LogP contribution < -0.4 is 16.2 Å². The van der Waals surface area contributed by atoms with E-state index in [-0.39, 0.29) is 5.56 Å². The highest BCUT2D eigenvalue weighted by Crippen LogP contribution is 2.27. The Kier molecular flexibility index (Phi) is 6.36. The molecule has 1 aliphatic carbocycles. The first kappa shape index (κ1) is 19.5. The number of benzene rings is 1. The molecule has 0 bridgehead atoms. The van der Waals surface area contributed by atoms with Crippen molar-refractivity contribution in [2.45, 2.75) is 50.2 Å². The second-order valence-corrected chi connectivity index (χ2v) is 6.44. The van der Waals surface area contributed by atoms with Gasteiger partial charge >= 0.3 is 0 Å². The maximum absolute atomic E-state index is 12.1. The van der Waals surface area contributed by atoms with Gasteiger partial charge in [0.2, 0.25) is 5.91 Å². The van der Waals surface area contributed by atoms with Crippen LogP contribution in [0.2, 0.25) is 0 Å². The molecule has 1 aliphatic rings. The number of carbonyl (C=O) groups is 3. The predicted octanol–water partition coefficient (Wildman–Crippen LogP) is -0.543. The van der Waals surface area contributed by atoms with Crippen LogP contribution >= 0.6 is 0 Å². The second-order valence-electron chi connectivity index (χ2n) is 6.44. The predicted molar refractivity (Wildman–Crippen MR) is 91.4 cm³/mol. The lowest BCUT2D eigenvalue weighted by atomic mass is 9.85. The number of carboxylic acid groups (broad SMARTS) is 1. The molecule has 0 saturated heterocycles. The largest absolute Gasteiger partial charge is 0.548 e. The zero-order valence-electron chi connectivity index (χ0n) is 14.3. The molecule has 0 heterocycles. The molecule has 26 heavy (non-hydrogen) atoms. The minimum Gasteiger partial charge on any atom is -0.548 e. The van der Waals surface area contributed by atoms with Gasteiger partial charge in [-0.1, -0.05) is 18.3 Å². The van der Waals surface area contributed by atoms with Crippen LogP contribution in [0.1, 0.15) is 54.4 Å². The van der Waals surface area contributed by atoms with Gasteiger partial charge in [0.05, 0.1) is 18.4 Å². The van der Waals surface area contributed by atoms with Gasteiger partial charge in [0.1, 0.15) is 5.60 Å². The molecular weight excluding hydrogens is 336 g/mol. The van der Waals surface area contributed by atoms with Gasteiger partial charge in [0.25, 0.3) is 5.91 Å². The van der Waals surface area contributed by atoms with Crippen molar-refractivity contribution in [1.29, 1.82) is 0 Å². The summed E-state index contributed by atoms with van der Waals surface area (Å²) in [6.07, 6.45) is 3.78. The number of carbonyl (C=O) groups excluding carboxylic acids is 3. The first-order valence-corrected chi connectivity index (χ1v) is 8.45. The Bertz CT molecular complexity index is 739. The number of aliphatic hydroxyl groups is 1. The Balaban J connectivity index is 2.03. The molecule has 0 aromatic heterocycles. The van der Waals surface area contributed by atoms with Gasteiger partial charge in [-0.3, -0.25) is 9.59 Å². The SMILES string of the molecule is NC(=O)C[C@H](NC(=O)c1ccc(C#CC2(O)CCCCC2)cc1)C(=O)[O-]. The molecule has 1 aromatic rings. The summed E-state index contributed by atoms with van der Waals surface area (Å²) in [5.41, 5.74) is 4.84. The number of nitrogens with one attached hydrogen (secondary N) is 1. The van der Waals surface area contributed by atoms with Gasteiger partial charge in [-0.25, -0.2) is 0 Å². The molecule has 0 radical (unpaired) electrons. The molecule has 0 aliphatic heterocycles. The van der Waals surface area contributed by atoms with Crippen molar-refractivity contribution in [1.82, 2.24) is 5.32 Å². The van der Waals surface area contributed by atoms with E-state index in [0.717, 1.165) is 19.3 Å². The van der Waals surface area contributed by atoms with Crippen LogP contribution in [0, 0.1) is 11.8 Å². The Morgan fingerprint density at radius 3 is 2.35 bits per heavy atom. The van der Waals surface area contributed by atoms with Crippen molar-refractivity contribution in [3.63, 3.8) is 0 Å². The third-order valence-electron chi connectivity index (χ3n) is 4.26. The summed E-state index contributed by atoms with van der Waals surface area (Å²) in [5, 5.41) is 23.5. The van der Waals surface area contributed by atoms with E-state index >= 15 is 0 Å². The molecule has 4 N–H and O–H groups in total. The highest BCUT2D eigenvalue weighted by atomic mass is 16.4. The molecule has 2 amide bonds. The van der Waals surface area contributed by atoms with E-state index in [1.807, 2.05) is 0 Å². The maximum atomic E-state index is 12.1. The minimum absolute atomic E-state index is 0.211. The fourth-order valence-electron chi connectivity index (χ4n) is 2.79. The zero-order chi connectivity index (χ0) is 19.2. The summed E-state index contributed by atoms with van der Waals surface area (Å²) in [7, 11) is 0. The smallest absolute Gasteiger partial charge is 0.251 e. The van der Waals surface area contributed by atoms with Crippen molar-refractivity contribution in [3.05, 3.63) is 35.4 Å². The van der Waals surface area contributed by atoms with Crippen LogP contribution in [0.25, 0.3) is 0 Å². The lowest BCUT2D eigenvalue weighted by Crippen LogP contribution is -2.49. The van der Waals surface area contributed by atoms with Crippen LogP contribution in [-0.4, -0.2) is 34.5 Å². The topological polar surface area (TPSA) is 133 Å². The Morgan fingerprint density at radius 1 is 1.19 bits per heavy atom. The van der Waals surface area contributed by atoms with Crippen molar-refractivity contribution in [2.75, 3.05) is 0 Å². The minimum atomic E-state index is -1.58. The summed E-state index contributed by atoms with van der Waals surface area (Å²) in [5.74, 6) is 2.71. The maximum Gasteiger partial charge on any atom is 0.251 e. The summed E-state index contributed by atoms with van der Waals surface area (Å²) in [6, 6.07) is 4.70. The third-order valence-corrected chi connectivity index (χ3v) is 4.26. The van der Waals surface area contributed by atoms with Gasteiger partial charge in [0.15, 0.2) is 0 Å². The van der Waals surface area contributed by atoms with E-state index in [9.17, 15) is 24.6 Å². The first-order chi connectivity index (χ1) is 12.3. The third kappa shape index (κ3) is 5.60. The highest BCUT2D eigenvalue weighted by Gasteiger charge is 2.26. The Hall–Kier alpha value is -2.85. The van der Waals surface area contributed by atoms with Crippen LogP contribution in [0.3, 0.4) is 0 Å². The molecule has 7 nitrogen and oxygen atoms in total. The number of primary amides is 1. The standard InChI is InChI=1S/C19H22N2O5/c20-16(22)12-15(18(24)25)21-17(23)14-6-4-13(5-7-14)8-11-19(26)9-2-1-3-10-19/h4-7,15,26H,1-3,9-10,12H2,(H2,20,22)(H,21,23)(H,24,25)/p-1/t15-/m0/s1. The summed E-state index contributed by atoms with van der Waals surface area (Å²) in [4.78, 5) is 33.9. The van der Waals surface area contributed by atoms with Crippen molar-refractivity contribution >= 4 is 17.8 Å². The van der Waals surface area contributed by atoms with E-state index in [4.69, 9.17) is 5.73 Å². The molecule has 1 aromatic carbocycles. The van der Waals surface area contributed by atoms with E-state index in [1.165, 1.54) is 12.1 Å². The molecule has 1 atom stereocenters. The fourth-order valence-corrected chi connectivity index (χ4v) is 2.79. The Morgan fingerprint density at radius 2 is 1.81 bits per heavy atom. The number of aliphatic carboxylic acids is 1. The summed E-state index contributed by atoms with van der Waals surface area (Å²) >= 11 is 0. The van der Waals surface area contributed by atoms with Crippen LogP contribution in [0.15, 0.2) is 24.3 Å². The molecule has 0 unspecified atom stereocenters. The van der Waals surface area contributed by atoms with Crippen LogP contribution in [-0.2, 0) is 9.59 Å². The molecular formula is C19H21N2O5-. The monoisotopic (exact) mass is 357 g/mol. The normalized spacial score (nSPS) is 16.7. The Labute approximate surface area is 151 Å². The van der Waals surface area contributed by atoms with Crippen LogP contribution in [0.4, 0.5) is 0 Å². The number of carboxylic acids is 1. The van der Waals surface area contributed by atoms with Gasteiger partial charge in [0, 0.05) is 11.1 Å². The van der Waals surface area contributed by atoms with Crippen molar-refractivity contribution in [2.24, 2.45) is 5.73 Å². The van der Waals surface area contributed by atoms with Gasteiger partial charge in [-0.2, -0.15) is 0 Å². The average Bonchev–Trinajstić information content (AvgIpc) is 2.60. The number of hydrogen-bond acceptors (Lipinski definition) is 5. The van der Waals surface area contributed by atoms with E-state index < -0.39 is 35.8 Å². The summed E-state index contributed by atoms with van der Waals surface area (Å²) in [6.45, 7) is 0. The van der Waals surface area contributed by atoms with E-state index in [0.29, 0.717) is 18.4 Å². The zero-order valence-corrected chi connectivity index (χ0v) is 14.3. The summed E-state index contributed by atoms with van der Waals surface area (Å²) < 4.78 is 0. The number of rotatable bonds is 5.